The number of aryl methyl sites for hydroxylation is 1. The molecule has 0 aliphatic carbocycles. The highest BCUT2D eigenvalue weighted by Gasteiger charge is 2.15. The first-order valence-electron chi connectivity index (χ1n) is 6.57. The van der Waals surface area contributed by atoms with Crippen LogP contribution in [0.15, 0.2) is 11.1 Å². The van der Waals surface area contributed by atoms with Crippen LogP contribution in [0.3, 0.4) is 0 Å². The van der Waals surface area contributed by atoms with Crippen molar-refractivity contribution in [2.75, 3.05) is 20.6 Å². The summed E-state index contributed by atoms with van der Waals surface area (Å²) in [6.07, 6.45) is 3.45. The van der Waals surface area contributed by atoms with Crippen molar-refractivity contribution >= 4 is 5.91 Å². The van der Waals surface area contributed by atoms with Crippen LogP contribution < -0.4 is 10.9 Å². The van der Waals surface area contributed by atoms with E-state index in [1.54, 1.807) is 29.9 Å². The predicted molar refractivity (Wildman–Crippen MR) is 71.8 cm³/mol. The van der Waals surface area contributed by atoms with Crippen LogP contribution in [0.2, 0.25) is 0 Å². The van der Waals surface area contributed by atoms with Crippen molar-refractivity contribution in [3.05, 3.63) is 27.9 Å². The first-order valence-corrected chi connectivity index (χ1v) is 6.57. The Bertz CT molecular complexity index is 522. The molecule has 6 heteroatoms. The fraction of sp³-hybridized carbons (Fsp3) is 0.615. The van der Waals surface area contributed by atoms with Gasteiger partial charge < -0.3 is 10.2 Å². The van der Waals surface area contributed by atoms with Crippen LogP contribution in [-0.2, 0) is 24.3 Å². The Hall–Kier alpha value is -1.69. The van der Waals surface area contributed by atoms with Crippen molar-refractivity contribution in [2.45, 2.75) is 32.4 Å². The highest BCUT2D eigenvalue weighted by molar-refractivity contribution is 5.75. The van der Waals surface area contributed by atoms with E-state index in [0.29, 0.717) is 25.9 Å². The molecule has 0 bridgehead atoms. The van der Waals surface area contributed by atoms with Crippen LogP contribution in [0.5, 0.6) is 0 Å². The molecule has 0 unspecified atom stereocenters. The molecular formula is C13H20N4O2. The number of rotatable bonds is 4. The van der Waals surface area contributed by atoms with Gasteiger partial charge in [-0.15, -0.1) is 0 Å². The normalized spacial score (nSPS) is 14.0. The zero-order chi connectivity index (χ0) is 13.8. The average Bonchev–Trinajstić information content (AvgIpc) is 2.41. The molecule has 0 atom stereocenters. The van der Waals surface area contributed by atoms with Crippen LogP contribution in [0.1, 0.15) is 24.1 Å². The van der Waals surface area contributed by atoms with Gasteiger partial charge in [0, 0.05) is 39.2 Å². The van der Waals surface area contributed by atoms with Crippen molar-refractivity contribution < 1.29 is 4.79 Å². The van der Waals surface area contributed by atoms with E-state index in [2.05, 4.69) is 10.3 Å². The third-order valence-corrected chi connectivity index (χ3v) is 3.35. The minimum absolute atomic E-state index is 0.0452. The Morgan fingerprint density at radius 1 is 1.53 bits per heavy atom. The molecule has 6 nitrogen and oxygen atoms in total. The molecule has 0 saturated heterocycles. The highest BCUT2D eigenvalue weighted by Crippen LogP contribution is 2.06. The van der Waals surface area contributed by atoms with Crippen molar-refractivity contribution in [1.82, 2.24) is 19.8 Å². The van der Waals surface area contributed by atoms with Gasteiger partial charge in [-0.25, -0.2) is 4.98 Å². The van der Waals surface area contributed by atoms with Gasteiger partial charge in [0.05, 0.1) is 12.0 Å². The van der Waals surface area contributed by atoms with Crippen LogP contribution in [0, 0.1) is 0 Å². The lowest BCUT2D eigenvalue weighted by molar-refractivity contribution is -0.128. The average molecular weight is 264 g/mol. The van der Waals surface area contributed by atoms with E-state index >= 15 is 0 Å². The maximum atomic E-state index is 12.2. The monoisotopic (exact) mass is 264 g/mol. The van der Waals surface area contributed by atoms with Crippen LogP contribution in [0.25, 0.3) is 0 Å². The maximum Gasteiger partial charge on any atom is 0.256 e. The number of hydrogen-bond acceptors (Lipinski definition) is 4. The Morgan fingerprint density at radius 2 is 2.32 bits per heavy atom. The number of nitrogens with zero attached hydrogens (tertiary/aromatic N) is 3. The quantitative estimate of drug-likeness (QED) is 0.815. The van der Waals surface area contributed by atoms with Gasteiger partial charge in [-0.05, 0) is 19.4 Å². The Labute approximate surface area is 112 Å². The topological polar surface area (TPSA) is 67.2 Å². The van der Waals surface area contributed by atoms with Crippen LogP contribution in [0.4, 0.5) is 0 Å². The maximum absolute atomic E-state index is 12.2. The second-order valence-corrected chi connectivity index (χ2v) is 4.99. The molecule has 1 amide bonds. The molecule has 1 N–H and O–H groups in total. The lowest BCUT2D eigenvalue weighted by atomic mass is 10.1. The molecular weight excluding hydrogens is 244 g/mol. The van der Waals surface area contributed by atoms with Gasteiger partial charge in [0.1, 0.15) is 0 Å². The molecule has 1 aliphatic heterocycles. The smallest absolute Gasteiger partial charge is 0.256 e. The van der Waals surface area contributed by atoms with Gasteiger partial charge in [0.2, 0.25) is 5.91 Å². The van der Waals surface area contributed by atoms with E-state index in [1.807, 2.05) is 0 Å². The van der Waals surface area contributed by atoms with Gasteiger partial charge in [0.15, 0.2) is 0 Å². The summed E-state index contributed by atoms with van der Waals surface area (Å²) in [4.78, 5) is 29.6. The van der Waals surface area contributed by atoms with E-state index in [9.17, 15) is 9.59 Å². The SMILES string of the molecule is CN(C)C(=O)CCCn1cnc2c(c1=O)CCNC2. The molecule has 1 aliphatic rings. The standard InChI is InChI=1S/C13H20N4O2/c1-16(2)12(18)4-3-7-17-9-15-11-8-14-6-5-10(11)13(17)19/h9,14H,3-8H2,1-2H3. The molecule has 19 heavy (non-hydrogen) atoms. The summed E-state index contributed by atoms with van der Waals surface area (Å²) in [6.45, 7) is 2.05. The predicted octanol–water partition coefficient (Wildman–Crippen LogP) is -0.243. The molecule has 2 rings (SSSR count). The summed E-state index contributed by atoms with van der Waals surface area (Å²) < 4.78 is 1.62. The zero-order valence-corrected chi connectivity index (χ0v) is 11.5. The summed E-state index contributed by atoms with van der Waals surface area (Å²) in [5, 5.41) is 3.20. The fourth-order valence-electron chi connectivity index (χ4n) is 2.17. The van der Waals surface area contributed by atoms with Crippen molar-refractivity contribution in [3.63, 3.8) is 0 Å². The number of hydrogen-bond donors (Lipinski definition) is 1. The molecule has 0 spiro atoms. The third kappa shape index (κ3) is 3.20. The lowest BCUT2D eigenvalue weighted by Gasteiger charge is -2.17. The molecule has 104 valence electrons. The van der Waals surface area contributed by atoms with E-state index in [0.717, 1.165) is 24.2 Å². The van der Waals surface area contributed by atoms with E-state index < -0.39 is 0 Å². The molecule has 0 radical (unpaired) electrons. The second kappa shape index (κ2) is 5.97. The van der Waals surface area contributed by atoms with Crippen molar-refractivity contribution in [3.8, 4) is 0 Å². The second-order valence-electron chi connectivity index (χ2n) is 4.99. The molecule has 1 aromatic rings. The van der Waals surface area contributed by atoms with Gasteiger partial charge >= 0.3 is 0 Å². The van der Waals surface area contributed by atoms with E-state index in [1.165, 1.54) is 0 Å². The van der Waals surface area contributed by atoms with Gasteiger partial charge in [-0.3, -0.25) is 14.2 Å². The zero-order valence-electron chi connectivity index (χ0n) is 11.5. The number of carbonyl (C=O) groups excluding carboxylic acids is 1. The van der Waals surface area contributed by atoms with Crippen molar-refractivity contribution in [1.29, 1.82) is 0 Å². The summed E-state index contributed by atoms with van der Waals surface area (Å²) in [6, 6.07) is 0. The first-order chi connectivity index (χ1) is 9.09. The lowest BCUT2D eigenvalue weighted by Crippen LogP contribution is -2.34. The Kier molecular flexibility index (Phi) is 4.31. The van der Waals surface area contributed by atoms with Gasteiger partial charge in [-0.2, -0.15) is 0 Å². The molecule has 0 fully saturated rings. The first kappa shape index (κ1) is 13.7. The number of amides is 1. The minimum Gasteiger partial charge on any atom is -0.349 e. The largest absolute Gasteiger partial charge is 0.349 e. The summed E-state index contributed by atoms with van der Waals surface area (Å²) in [7, 11) is 3.48. The van der Waals surface area contributed by atoms with Gasteiger partial charge in [-0.1, -0.05) is 0 Å². The Morgan fingerprint density at radius 3 is 3.05 bits per heavy atom. The summed E-state index contributed by atoms with van der Waals surface area (Å²) in [5.74, 6) is 0.0863. The Balaban J connectivity index is 2.02. The van der Waals surface area contributed by atoms with Gasteiger partial charge in [0.25, 0.3) is 5.56 Å². The summed E-state index contributed by atoms with van der Waals surface area (Å²) in [5.41, 5.74) is 1.72. The molecule has 0 saturated carbocycles. The third-order valence-electron chi connectivity index (χ3n) is 3.35. The van der Waals surface area contributed by atoms with Crippen LogP contribution in [-0.4, -0.2) is 41.0 Å². The fourth-order valence-corrected chi connectivity index (χ4v) is 2.17. The number of fused-ring (bicyclic) bond motifs is 1. The van der Waals surface area contributed by atoms with E-state index in [-0.39, 0.29) is 11.5 Å². The highest BCUT2D eigenvalue weighted by atomic mass is 16.2. The van der Waals surface area contributed by atoms with E-state index in [4.69, 9.17) is 0 Å². The molecule has 1 aromatic heterocycles. The number of nitrogens with one attached hydrogen (secondary N) is 1. The number of aromatic nitrogens is 2. The molecule has 0 aromatic carbocycles. The van der Waals surface area contributed by atoms with Crippen LogP contribution >= 0.6 is 0 Å². The number of carbonyl (C=O) groups is 1. The summed E-state index contributed by atoms with van der Waals surface area (Å²) >= 11 is 0. The minimum atomic E-state index is 0.0452. The molecule has 2 heterocycles. The van der Waals surface area contributed by atoms with Crippen molar-refractivity contribution in [2.24, 2.45) is 0 Å².